The highest BCUT2D eigenvalue weighted by molar-refractivity contribution is 7.89. The number of sulfonamides is 1. The summed E-state index contributed by atoms with van der Waals surface area (Å²) < 4.78 is 34.5. The maximum Gasteiger partial charge on any atom is 0.278 e. The maximum atomic E-state index is 13.2. The Kier molecular flexibility index (Phi) is 6.20. The average molecular weight is 406 g/mol. The number of aryl methyl sites for hydroxylation is 1. The van der Waals surface area contributed by atoms with Crippen LogP contribution in [0.4, 0.5) is 0 Å². The molecule has 0 spiro atoms. The van der Waals surface area contributed by atoms with Crippen molar-refractivity contribution in [3.05, 3.63) is 41.2 Å². The quantitative estimate of drug-likeness (QED) is 0.763. The third kappa shape index (κ3) is 3.98. The van der Waals surface area contributed by atoms with Gasteiger partial charge in [0.05, 0.1) is 18.0 Å². The number of rotatable bonds is 5. The van der Waals surface area contributed by atoms with E-state index in [1.807, 2.05) is 6.92 Å². The summed E-state index contributed by atoms with van der Waals surface area (Å²) in [4.78, 5) is 13.1. The van der Waals surface area contributed by atoms with Crippen LogP contribution < -0.4 is 4.74 Å². The fourth-order valence-corrected chi connectivity index (χ4v) is 5.46. The second kappa shape index (κ2) is 8.45. The van der Waals surface area contributed by atoms with E-state index in [2.05, 4.69) is 5.10 Å². The molecular formula is C20H27N3O4S. The van der Waals surface area contributed by atoms with Crippen LogP contribution in [0.2, 0.25) is 0 Å². The average Bonchev–Trinajstić information content (AvgIpc) is 2.85. The lowest BCUT2D eigenvalue weighted by Gasteiger charge is -2.20. The molecule has 1 saturated heterocycles. The van der Waals surface area contributed by atoms with Gasteiger partial charge in [0.25, 0.3) is 5.91 Å². The van der Waals surface area contributed by atoms with Gasteiger partial charge in [0.2, 0.25) is 10.0 Å². The Bertz CT molecular complexity index is 941. The minimum absolute atomic E-state index is 0.147. The predicted molar refractivity (Wildman–Crippen MR) is 106 cm³/mol. The second-order valence-corrected chi connectivity index (χ2v) is 8.87. The zero-order chi connectivity index (χ0) is 20.3. The van der Waals surface area contributed by atoms with Gasteiger partial charge in [-0.3, -0.25) is 4.79 Å². The summed E-state index contributed by atoms with van der Waals surface area (Å²) in [6.45, 7) is 6.74. The minimum Gasteiger partial charge on any atom is -0.494 e. The Hall–Kier alpha value is -2.19. The van der Waals surface area contributed by atoms with Gasteiger partial charge in [-0.2, -0.15) is 14.1 Å². The van der Waals surface area contributed by atoms with E-state index in [-0.39, 0.29) is 10.8 Å². The smallest absolute Gasteiger partial charge is 0.278 e. The fraction of sp³-hybridized carbons (Fsp3) is 0.500. The molecule has 0 saturated carbocycles. The number of carbonyl (C=O) groups is 1. The molecule has 1 aliphatic heterocycles. The van der Waals surface area contributed by atoms with Crippen molar-refractivity contribution in [1.29, 1.82) is 0 Å². The predicted octanol–water partition coefficient (Wildman–Crippen LogP) is 3.15. The molecule has 3 rings (SSSR count). The summed E-state index contributed by atoms with van der Waals surface area (Å²) in [5, 5.41) is 4.26. The fourth-order valence-electron chi connectivity index (χ4n) is 3.59. The van der Waals surface area contributed by atoms with Crippen molar-refractivity contribution in [1.82, 2.24) is 14.1 Å². The minimum atomic E-state index is -3.68. The SMILES string of the molecule is CCOc1ccc(C(=O)n2nc(C)c(S(=O)(=O)N3CCCCCC3)c2C)cc1. The van der Waals surface area contributed by atoms with Crippen molar-refractivity contribution >= 4 is 15.9 Å². The topological polar surface area (TPSA) is 81.5 Å². The standard InChI is InChI=1S/C20H27N3O4S/c1-4-27-18-11-9-17(10-12-18)20(24)23-16(3)19(15(2)21-23)28(25,26)22-13-7-5-6-8-14-22/h9-12H,4-8,13-14H2,1-3H3. The van der Waals surface area contributed by atoms with Crippen molar-refractivity contribution < 1.29 is 17.9 Å². The van der Waals surface area contributed by atoms with Crippen LogP contribution in [0.25, 0.3) is 0 Å². The summed E-state index contributed by atoms with van der Waals surface area (Å²) >= 11 is 0. The Morgan fingerprint density at radius 3 is 2.25 bits per heavy atom. The van der Waals surface area contributed by atoms with Crippen LogP contribution >= 0.6 is 0 Å². The van der Waals surface area contributed by atoms with Crippen LogP contribution in [0.1, 0.15) is 54.4 Å². The largest absolute Gasteiger partial charge is 0.494 e. The molecule has 0 unspecified atom stereocenters. The lowest BCUT2D eigenvalue weighted by molar-refractivity contribution is 0.0942. The van der Waals surface area contributed by atoms with Gasteiger partial charge >= 0.3 is 0 Å². The summed E-state index contributed by atoms with van der Waals surface area (Å²) in [5.41, 5.74) is 1.12. The van der Waals surface area contributed by atoms with Crippen LogP contribution in [0, 0.1) is 13.8 Å². The molecule has 2 aromatic rings. The molecule has 0 radical (unpaired) electrons. The second-order valence-electron chi connectivity index (χ2n) is 6.99. The van der Waals surface area contributed by atoms with Gasteiger partial charge in [-0.15, -0.1) is 0 Å². The summed E-state index contributed by atoms with van der Waals surface area (Å²) in [7, 11) is -3.68. The normalized spacial score (nSPS) is 16.0. The molecule has 0 N–H and O–H groups in total. The third-order valence-corrected chi connectivity index (χ3v) is 7.14. The molecule has 1 aromatic heterocycles. The molecule has 2 heterocycles. The zero-order valence-electron chi connectivity index (χ0n) is 16.6. The number of ether oxygens (including phenoxy) is 1. The molecule has 7 nitrogen and oxygen atoms in total. The highest BCUT2D eigenvalue weighted by Crippen LogP contribution is 2.26. The molecule has 0 bridgehead atoms. The molecule has 1 aromatic carbocycles. The molecule has 0 atom stereocenters. The van der Waals surface area contributed by atoms with E-state index in [4.69, 9.17) is 4.74 Å². The summed E-state index contributed by atoms with van der Waals surface area (Å²) in [5.74, 6) is 0.317. The van der Waals surface area contributed by atoms with Crippen molar-refractivity contribution in [2.75, 3.05) is 19.7 Å². The highest BCUT2D eigenvalue weighted by atomic mass is 32.2. The van der Waals surface area contributed by atoms with E-state index < -0.39 is 10.0 Å². The Balaban J connectivity index is 1.93. The van der Waals surface area contributed by atoms with Gasteiger partial charge in [-0.05, 0) is 57.9 Å². The van der Waals surface area contributed by atoms with Gasteiger partial charge in [-0.25, -0.2) is 8.42 Å². The first kappa shape index (κ1) is 20.5. The molecule has 28 heavy (non-hydrogen) atoms. The summed E-state index contributed by atoms with van der Waals surface area (Å²) in [6, 6.07) is 6.76. The van der Waals surface area contributed by atoms with E-state index >= 15 is 0 Å². The number of hydrogen-bond donors (Lipinski definition) is 0. The molecular weight excluding hydrogens is 378 g/mol. The van der Waals surface area contributed by atoms with Gasteiger partial charge in [0.1, 0.15) is 10.6 Å². The van der Waals surface area contributed by atoms with E-state index in [0.717, 1.165) is 25.7 Å². The maximum absolute atomic E-state index is 13.2. The van der Waals surface area contributed by atoms with Crippen LogP contribution in [0.5, 0.6) is 5.75 Å². The lowest BCUT2D eigenvalue weighted by Crippen LogP contribution is -2.32. The summed E-state index contributed by atoms with van der Waals surface area (Å²) in [6.07, 6.45) is 3.80. The van der Waals surface area contributed by atoms with Gasteiger partial charge in [0.15, 0.2) is 0 Å². The van der Waals surface area contributed by atoms with E-state index in [0.29, 0.717) is 42.4 Å². The van der Waals surface area contributed by atoms with E-state index in [9.17, 15) is 13.2 Å². The number of nitrogens with zero attached hydrogens (tertiary/aromatic N) is 3. The first-order chi connectivity index (χ1) is 13.4. The first-order valence-electron chi connectivity index (χ1n) is 9.70. The highest BCUT2D eigenvalue weighted by Gasteiger charge is 2.32. The molecule has 152 valence electrons. The number of aromatic nitrogens is 2. The molecule has 1 fully saturated rings. The Morgan fingerprint density at radius 2 is 1.68 bits per heavy atom. The first-order valence-corrected chi connectivity index (χ1v) is 11.1. The number of hydrogen-bond acceptors (Lipinski definition) is 5. The van der Waals surface area contributed by atoms with Crippen molar-refractivity contribution in [3.8, 4) is 5.75 Å². The Morgan fingerprint density at radius 1 is 1.07 bits per heavy atom. The third-order valence-electron chi connectivity index (χ3n) is 4.99. The molecule has 8 heteroatoms. The van der Waals surface area contributed by atoms with Crippen molar-refractivity contribution in [2.24, 2.45) is 0 Å². The van der Waals surface area contributed by atoms with Gasteiger partial charge in [-0.1, -0.05) is 12.8 Å². The van der Waals surface area contributed by atoms with Crippen LogP contribution in [0.15, 0.2) is 29.2 Å². The van der Waals surface area contributed by atoms with Crippen LogP contribution in [-0.4, -0.2) is 48.1 Å². The van der Waals surface area contributed by atoms with E-state index in [1.54, 1.807) is 38.1 Å². The number of benzene rings is 1. The lowest BCUT2D eigenvalue weighted by atomic mass is 10.2. The van der Waals surface area contributed by atoms with Crippen molar-refractivity contribution in [3.63, 3.8) is 0 Å². The van der Waals surface area contributed by atoms with E-state index in [1.165, 1.54) is 8.99 Å². The van der Waals surface area contributed by atoms with Crippen LogP contribution in [-0.2, 0) is 10.0 Å². The monoisotopic (exact) mass is 405 g/mol. The van der Waals surface area contributed by atoms with Crippen molar-refractivity contribution in [2.45, 2.75) is 51.3 Å². The van der Waals surface area contributed by atoms with Crippen LogP contribution in [0.3, 0.4) is 0 Å². The number of carbonyl (C=O) groups excluding carboxylic acids is 1. The molecule has 0 amide bonds. The Labute approximate surface area is 166 Å². The van der Waals surface area contributed by atoms with Gasteiger partial charge < -0.3 is 4.74 Å². The van der Waals surface area contributed by atoms with Gasteiger partial charge in [0, 0.05) is 18.7 Å². The molecule has 1 aliphatic rings. The zero-order valence-corrected chi connectivity index (χ0v) is 17.5. The molecule has 0 aliphatic carbocycles.